The third-order valence-electron chi connectivity index (χ3n) is 4.30. The number of hydrogen-bond acceptors (Lipinski definition) is 4. The second-order valence-corrected chi connectivity index (χ2v) is 7.09. The van der Waals surface area contributed by atoms with Gasteiger partial charge in [-0.05, 0) is 50.2 Å². The zero-order valence-corrected chi connectivity index (χ0v) is 15.4. The first-order chi connectivity index (χ1) is 12.6. The van der Waals surface area contributed by atoms with Crippen molar-refractivity contribution in [3.63, 3.8) is 0 Å². The predicted octanol–water partition coefficient (Wildman–Crippen LogP) is 4.03. The summed E-state index contributed by atoms with van der Waals surface area (Å²) in [5.41, 5.74) is 3.90. The number of nitrogens with one attached hydrogen (secondary N) is 1. The smallest absolute Gasteiger partial charge is 0.263 e. The van der Waals surface area contributed by atoms with Gasteiger partial charge in [0.25, 0.3) is 5.91 Å². The van der Waals surface area contributed by atoms with Crippen LogP contribution in [-0.4, -0.2) is 20.4 Å². The third-order valence-corrected chi connectivity index (χ3v) is 5.40. The standard InChI is InChI=1S/C20H18N4OS/c1-13-8-9-14(2)24(13)17-16-7-5-11-22-20(16)26-18(17)19(25)23-12-15-6-3-4-10-21-15/h3-11H,12H2,1-2H3,(H,23,25). The Morgan fingerprint density at radius 3 is 2.54 bits per heavy atom. The third kappa shape index (κ3) is 2.88. The van der Waals surface area contributed by atoms with Crippen LogP contribution in [0.25, 0.3) is 15.9 Å². The monoisotopic (exact) mass is 362 g/mol. The molecule has 130 valence electrons. The van der Waals surface area contributed by atoms with Crippen molar-refractivity contribution in [2.75, 3.05) is 0 Å². The van der Waals surface area contributed by atoms with Gasteiger partial charge in [-0.25, -0.2) is 4.98 Å². The Hall–Kier alpha value is -2.99. The minimum absolute atomic E-state index is 0.110. The molecule has 4 aromatic rings. The first-order valence-electron chi connectivity index (χ1n) is 8.36. The van der Waals surface area contributed by atoms with E-state index < -0.39 is 0 Å². The van der Waals surface area contributed by atoms with Gasteiger partial charge in [0.2, 0.25) is 0 Å². The summed E-state index contributed by atoms with van der Waals surface area (Å²) in [4.78, 5) is 23.2. The first-order valence-corrected chi connectivity index (χ1v) is 9.18. The SMILES string of the molecule is Cc1ccc(C)n1-c1c(C(=O)NCc2ccccn2)sc2ncccc12. The topological polar surface area (TPSA) is 59.8 Å². The molecule has 0 spiro atoms. The molecular formula is C20H18N4OS. The van der Waals surface area contributed by atoms with Crippen molar-refractivity contribution in [2.45, 2.75) is 20.4 Å². The molecule has 0 aliphatic heterocycles. The Morgan fingerprint density at radius 1 is 1.04 bits per heavy atom. The fraction of sp³-hybridized carbons (Fsp3) is 0.150. The Morgan fingerprint density at radius 2 is 1.81 bits per heavy atom. The van der Waals surface area contributed by atoms with Crippen LogP contribution in [0.1, 0.15) is 26.8 Å². The molecule has 4 aromatic heterocycles. The molecular weight excluding hydrogens is 344 g/mol. The van der Waals surface area contributed by atoms with Gasteiger partial charge in [0.15, 0.2) is 0 Å². The maximum Gasteiger partial charge on any atom is 0.263 e. The van der Waals surface area contributed by atoms with Crippen molar-refractivity contribution in [3.8, 4) is 5.69 Å². The number of fused-ring (bicyclic) bond motifs is 1. The van der Waals surface area contributed by atoms with E-state index in [4.69, 9.17) is 0 Å². The second-order valence-electron chi connectivity index (χ2n) is 6.09. The molecule has 1 amide bonds. The number of carbonyl (C=O) groups is 1. The van der Waals surface area contributed by atoms with Crippen LogP contribution in [0, 0.1) is 13.8 Å². The van der Waals surface area contributed by atoms with Gasteiger partial charge >= 0.3 is 0 Å². The summed E-state index contributed by atoms with van der Waals surface area (Å²) >= 11 is 1.42. The van der Waals surface area contributed by atoms with E-state index >= 15 is 0 Å². The zero-order valence-electron chi connectivity index (χ0n) is 14.6. The van der Waals surface area contributed by atoms with Crippen LogP contribution in [0.3, 0.4) is 0 Å². The van der Waals surface area contributed by atoms with E-state index in [1.165, 1.54) is 11.3 Å². The molecule has 0 fully saturated rings. The Bertz CT molecular complexity index is 1060. The van der Waals surface area contributed by atoms with E-state index in [1.807, 2.05) is 44.2 Å². The highest BCUT2D eigenvalue weighted by atomic mass is 32.1. The van der Waals surface area contributed by atoms with Crippen molar-refractivity contribution in [2.24, 2.45) is 0 Å². The number of aryl methyl sites for hydroxylation is 2. The summed E-state index contributed by atoms with van der Waals surface area (Å²) in [7, 11) is 0. The average molecular weight is 362 g/mol. The van der Waals surface area contributed by atoms with Crippen LogP contribution in [0.15, 0.2) is 54.9 Å². The van der Waals surface area contributed by atoms with E-state index in [2.05, 4.69) is 32.0 Å². The molecule has 0 radical (unpaired) electrons. The number of aromatic nitrogens is 3. The van der Waals surface area contributed by atoms with Crippen LogP contribution in [0.4, 0.5) is 0 Å². The normalized spacial score (nSPS) is 11.0. The van der Waals surface area contributed by atoms with Crippen molar-refractivity contribution in [3.05, 3.63) is 76.8 Å². The van der Waals surface area contributed by atoms with Crippen LogP contribution in [0.2, 0.25) is 0 Å². The molecule has 4 heterocycles. The first kappa shape index (κ1) is 16.5. The van der Waals surface area contributed by atoms with E-state index in [0.29, 0.717) is 11.4 Å². The lowest BCUT2D eigenvalue weighted by atomic mass is 10.2. The van der Waals surface area contributed by atoms with Crippen LogP contribution in [-0.2, 0) is 6.54 Å². The van der Waals surface area contributed by atoms with E-state index in [-0.39, 0.29) is 5.91 Å². The fourth-order valence-corrected chi connectivity index (χ4v) is 4.11. The quantitative estimate of drug-likeness (QED) is 0.596. The maximum absolute atomic E-state index is 13.0. The number of hydrogen-bond donors (Lipinski definition) is 1. The predicted molar refractivity (Wildman–Crippen MR) is 104 cm³/mol. The highest BCUT2D eigenvalue weighted by Gasteiger charge is 2.22. The molecule has 0 atom stereocenters. The molecule has 0 bridgehead atoms. The van der Waals surface area contributed by atoms with Gasteiger partial charge in [0.05, 0.1) is 17.9 Å². The summed E-state index contributed by atoms with van der Waals surface area (Å²) < 4.78 is 2.12. The number of thiophene rings is 1. The maximum atomic E-state index is 13.0. The van der Waals surface area contributed by atoms with E-state index in [1.54, 1.807) is 12.4 Å². The van der Waals surface area contributed by atoms with E-state index in [0.717, 1.165) is 33.0 Å². The molecule has 0 unspecified atom stereocenters. The number of rotatable bonds is 4. The number of carbonyl (C=O) groups excluding carboxylic acids is 1. The van der Waals surface area contributed by atoms with Gasteiger partial charge in [-0.1, -0.05) is 6.07 Å². The molecule has 6 heteroatoms. The number of amides is 1. The highest BCUT2D eigenvalue weighted by Crippen LogP contribution is 2.34. The van der Waals surface area contributed by atoms with Crippen molar-refractivity contribution in [1.29, 1.82) is 0 Å². The minimum Gasteiger partial charge on any atom is -0.346 e. The molecule has 5 nitrogen and oxygen atoms in total. The molecule has 0 aliphatic rings. The summed E-state index contributed by atoms with van der Waals surface area (Å²) in [6.07, 6.45) is 3.48. The summed E-state index contributed by atoms with van der Waals surface area (Å²) in [5, 5.41) is 3.97. The Kier molecular flexibility index (Phi) is 4.26. The van der Waals surface area contributed by atoms with Gasteiger partial charge < -0.3 is 9.88 Å². The molecule has 0 saturated carbocycles. The van der Waals surface area contributed by atoms with Crippen LogP contribution in [0.5, 0.6) is 0 Å². The van der Waals surface area contributed by atoms with E-state index in [9.17, 15) is 4.79 Å². The number of pyridine rings is 2. The fourth-order valence-electron chi connectivity index (χ4n) is 3.07. The van der Waals surface area contributed by atoms with Crippen LogP contribution < -0.4 is 5.32 Å². The lowest BCUT2D eigenvalue weighted by Crippen LogP contribution is -2.23. The molecule has 26 heavy (non-hydrogen) atoms. The van der Waals surface area contributed by atoms with Crippen molar-refractivity contribution < 1.29 is 4.79 Å². The largest absolute Gasteiger partial charge is 0.346 e. The van der Waals surface area contributed by atoms with Crippen molar-refractivity contribution in [1.82, 2.24) is 19.9 Å². The van der Waals surface area contributed by atoms with Crippen molar-refractivity contribution >= 4 is 27.5 Å². The molecule has 1 N–H and O–H groups in total. The van der Waals surface area contributed by atoms with Gasteiger partial charge in [0, 0.05) is 29.2 Å². The summed E-state index contributed by atoms with van der Waals surface area (Å²) in [6.45, 7) is 4.48. The lowest BCUT2D eigenvalue weighted by Gasteiger charge is -2.11. The zero-order chi connectivity index (χ0) is 18.1. The van der Waals surface area contributed by atoms with Gasteiger partial charge in [-0.15, -0.1) is 11.3 Å². The summed E-state index contributed by atoms with van der Waals surface area (Å²) in [5.74, 6) is -0.110. The van der Waals surface area contributed by atoms with Gasteiger partial charge in [-0.2, -0.15) is 0 Å². The van der Waals surface area contributed by atoms with Gasteiger partial charge in [-0.3, -0.25) is 9.78 Å². The number of nitrogens with zero attached hydrogens (tertiary/aromatic N) is 3. The molecule has 0 aromatic carbocycles. The van der Waals surface area contributed by atoms with Gasteiger partial charge in [0.1, 0.15) is 9.71 Å². The minimum atomic E-state index is -0.110. The Balaban J connectivity index is 1.77. The lowest BCUT2D eigenvalue weighted by molar-refractivity contribution is 0.0954. The summed E-state index contributed by atoms with van der Waals surface area (Å²) in [6, 6.07) is 13.7. The Labute approximate surface area is 155 Å². The van der Waals surface area contributed by atoms with Crippen LogP contribution >= 0.6 is 11.3 Å². The molecule has 0 saturated heterocycles. The highest BCUT2D eigenvalue weighted by molar-refractivity contribution is 7.21. The molecule has 4 rings (SSSR count). The second kappa shape index (κ2) is 6.72. The average Bonchev–Trinajstić information content (AvgIpc) is 3.20. The molecule has 0 aliphatic carbocycles.